The van der Waals surface area contributed by atoms with Crippen LogP contribution in [0.4, 0.5) is 0 Å². The molecule has 1 aromatic rings. The van der Waals surface area contributed by atoms with Crippen molar-refractivity contribution < 1.29 is 9.47 Å². The standard InChI is InChI=1S/C18H29NO2/c1-4-16(19)11-15-9-13(2)18(14(3)10-15)21-12-17-7-5-6-8-20-17/h9-10,16-17H,4-8,11-12,19H2,1-3H3. The molecule has 0 aromatic heterocycles. The lowest BCUT2D eigenvalue weighted by Crippen LogP contribution is -2.26. The third-order valence-corrected chi connectivity index (χ3v) is 4.23. The molecule has 2 rings (SSSR count). The largest absolute Gasteiger partial charge is 0.490 e. The zero-order valence-electron chi connectivity index (χ0n) is 13.7. The second-order valence-corrected chi connectivity index (χ2v) is 6.23. The highest BCUT2D eigenvalue weighted by molar-refractivity contribution is 5.43. The predicted octanol–water partition coefficient (Wildman–Crippen LogP) is 3.53. The number of rotatable bonds is 6. The van der Waals surface area contributed by atoms with Crippen LogP contribution >= 0.6 is 0 Å². The highest BCUT2D eigenvalue weighted by Crippen LogP contribution is 2.26. The van der Waals surface area contributed by atoms with Crippen molar-refractivity contribution in [3.63, 3.8) is 0 Å². The number of aryl methyl sites for hydroxylation is 2. The minimum absolute atomic E-state index is 0.242. The third-order valence-electron chi connectivity index (χ3n) is 4.23. The van der Waals surface area contributed by atoms with Crippen molar-refractivity contribution in [2.75, 3.05) is 13.2 Å². The minimum Gasteiger partial charge on any atom is -0.490 e. The van der Waals surface area contributed by atoms with Gasteiger partial charge in [-0.25, -0.2) is 0 Å². The van der Waals surface area contributed by atoms with Gasteiger partial charge in [-0.3, -0.25) is 0 Å². The zero-order chi connectivity index (χ0) is 15.2. The molecule has 21 heavy (non-hydrogen) atoms. The molecule has 1 aromatic carbocycles. The van der Waals surface area contributed by atoms with E-state index >= 15 is 0 Å². The van der Waals surface area contributed by atoms with Crippen LogP contribution in [0.3, 0.4) is 0 Å². The van der Waals surface area contributed by atoms with Crippen LogP contribution in [0.15, 0.2) is 12.1 Å². The Balaban J connectivity index is 1.99. The van der Waals surface area contributed by atoms with Crippen LogP contribution in [0.1, 0.15) is 49.3 Å². The van der Waals surface area contributed by atoms with E-state index in [1.54, 1.807) is 0 Å². The van der Waals surface area contributed by atoms with Crippen molar-refractivity contribution in [3.8, 4) is 5.75 Å². The monoisotopic (exact) mass is 291 g/mol. The lowest BCUT2D eigenvalue weighted by Gasteiger charge is -2.24. The molecule has 1 fully saturated rings. The van der Waals surface area contributed by atoms with Crippen molar-refractivity contribution in [2.45, 2.75) is 65.0 Å². The van der Waals surface area contributed by atoms with Crippen LogP contribution in [0.25, 0.3) is 0 Å². The molecular formula is C18H29NO2. The fourth-order valence-electron chi connectivity index (χ4n) is 2.95. The molecule has 2 unspecified atom stereocenters. The first-order valence-electron chi connectivity index (χ1n) is 8.20. The fraction of sp³-hybridized carbons (Fsp3) is 0.667. The second kappa shape index (κ2) is 7.81. The summed E-state index contributed by atoms with van der Waals surface area (Å²) in [5.74, 6) is 1.01. The lowest BCUT2D eigenvalue weighted by molar-refractivity contribution is -0.0113. The predicted molar refractivity (Wildman–Crippen MR) is 87.0 cm³/mol. The van der Waals surface area contributed by atoms with Crippen molar-refractivity contribution in [1.82, 2.24) is 0 Å². The Labute approximate surface area is 128 Å². The normalized spacial score (nSPS) is 20.3. The number of nitrogens with two attached hydrogens (primary N) is 1. The summed E-state index contributed by atoms with van der Waals surface area (Å²) < 4.78 is 11.8. The topological polar surface area (TPSA) is 44.5 Å². The van der Waals surface area contributed by atoms with Gasteiger partial charge < -0.3 is 15.2 Å². The van der Waals surface area contributed by atoms with E-state index in [2.05, 4.69) is 32.9 Å². The van der Waals surface area contributed by atoms with E-state index < -0.39 is 0 Å². The van der Waals surface area contributed by atoms with Crippen LogP contribution < -0.4 is 10.5 Å². The molecule has 1 heterocycles. The molecule has 3 nitrogen and oxygen atoms in total. The molecule has 118 valence electrons. The molecule has 1 aliphatic rings. The SMILES string of the molecule is CCC(N)Cc1cc(C)c(OCC2CCCCO2)c(C)c1. The van der Waals surface area contributed by atoms with Gasteiger partial charge in [0.05, 0.1) is 6.10 Å². The lowest BCUT2D eigenvalue weighted by atomic mass is 9.99. The molecule has 0 saturated carbocycles. The molecule has 0 aliphatic carbocycles. The molecular weight excluding hydrogens is 262 g/mol. The van der Waals surface area contributed by atoms with Gasteiger partial charge in [0.2, 0.25) is 0 Å². The van der Waals surface area contributed by atoms with Gasteiger partial charge in [0, 0.05) is 12.6 Å². The first kappa shape index (κ1) is 16.3. The molecule has 0 spiro atoms. The maximum absolute atomic E-state index is 6.05. The van der Waals surface area contributed by atoms with Gasteiger partial charge in [0.25, 0.3) is 0 Å². The van der Waals surface area contributed by atoms with Crippen LogP contribution in [0.2, 0.25) is 0 Å². The average Bonchev–Trinajstić information content (AvgIpc) is 2.47. The summed E-state index contributed by atoms with van der Waals surface area (Å²) in [6, 6.07) is 4.66. The van der Waals surface area contributed by atoms with E-state index in [4.69, 9.17) is 15.2 Å². The van der Waals surface area contributed by atoms with E-state index in [0.717, 1.165) is 31.6 Å². The van der Waals surface area contributed by atoms with Crippen LogP contribution in [0, 0.1) is 13.8 Å². The highest BCUT2D eigenvalue weighted by atomic mass is 16.5. The van der Waals surface area contributed by atoms with Gasteiger partial charge in [0.15, 0.2) is 0 Å². The first-order valence-corrected chi connectivity index (χ1v) is 8.20. The van der Waals surface area contributed by atoms with E-state index in [0.29, 0.717) is 6.61 Å². The van der Waals surface area contributed by atoms with Crippen molar-refractivity contribution in [2.24, 2.45) is 5.73 Å². The second-order valence-electron chi connectivity index (χ2n) is 6.23. The van der Waals surface area contributed by atoms with Crippen LogP contribution in [-0.4, -0.2) is 25.4 Å². The van der Waals surface area contributed by atoms with E-state index in [1.807, 2.05) is 0 Å². The Morgan fingerprint density at radius 1 is 1.29 bits per heavy atom. The Kier molecular flexibility index (Phi) is 6.07. The summed E-state index contributed by atoms with van der Waals surface area (Å²) in [5.41, 5.74) is 9.75. The van der Waals surface area contributed by atoms with Crippen LogP contribution in [-0.2, 0) is 11.2 Å². The molecule has 1 aliphatic heterocycles. The quantitative estimate of drug-likeness (QED) is 0.872. The maximum atomic E-state index is 6.05. The molecule has 0 radical (unpaired) electrons. The average molecular weight is 291 g/mol. The maximum Gasteiger partial charge on any atom is 0.125 e. The van der Waals surface area contributed by atoms with Gasteiger partial charge in [-0.1, -0.05) is 19.1 Å². The summed E-state index contributed by atoms with van der Waals surface area (Å²) in [4.78, 5) is 0. The molecule has 1 saturated heterocycles. The van der Waals surface area contributed by atoms with E-state index in [-0.39, 0.29) is 12.1 Å². The van der Waals surface area contributed by atoms with Crippen molar-refractivity contribution >= 4 is 0 Å². The molecule has 2 atom stereocenters. The smallest absolute Gasteiger partial charge is 0.125 e. The Morgan fingerprint density at radius 2 is 2.00 bits per heavy atom. The van der Waals surface area contributed by atoms with E-state index in [1.165, 1.54) is 29.5 Å². The number of ether oxygens (including phenoxy) is 2. The van der Waals surface area contributed by atoms with Gasteiger partial charge in [0.1, 0.15) is 12.4 Å². The van der Waals surface area contributed by atoms with Crippen molar-refractivity contribution in [3.05, 3.63) is 28.8 Å². The van der Waals surface area contributed by atoms with E-state index in [9.17, 15) is 0 Å². The minimum atomic E-state index is 0.242. The number of benzene rings is 1. The zero-order valence-corrected chi connectivity index (χ0v) is 13.7. The Hall–Kier alpha value is -1.06. The number of hydrogen-bond acceptors (Lipinski definition) is 3. The number of hydrogen-bond donors (Lipinski definition) is 1. The summed E-state index contributed by atoms with van der Waals surface area (Å²) in [7, 11) is 0. The summed E-state index contributed by atoms with van der Waals surface area (Å²) in [5, 5.41) is 0. The Morgan fingerprint density at radius 3 is 2.57 bits per heavy atom. The molecule has 2 N–H and O–H groups in total. The highest BCUT2D eigenvalue weighted by Gasteiger charge is 2.16. The van der Waals surface area contributed by atoms with Gasteiger partial charge in [-0.2, -0.15) is 0 Å². The van der Waals surface area contributed by atoms with Crippen molar-refractivity contribution in [1.29, 1.82) is 0 Å². The fourth-order valence-corrected chi connectivity index (χ4v) is 2.95. The third kappa shape index (κ3) is 4.72. The molecule has 0 amide bonds. The van der Waals surface area contributed by atoms with Gasteiger partial charge in [-0.15, -0.1) is 0 Å². The first-order chi connectivity index (χ1) is 10.1. The summed E-state index contributed by atoms with van der Waals surface area (Å²) in [6.45, 7) is 7.90. The Bertz CT molecular complexity index is 430. The molecule has 3 heteroatoms. The van der Waals surface area contributed by atoms with Gasteiger partial charge in [-0.05, 0) is 62.6 Å². The summed E-state index contributed by atoms with van der Waals surface area (Å²) >= 11 is 0. The van der Waals surface area contributed by atoms with Crippen LogP contribution in [0.5, 0.6) is 5.75 Å². The summed E-state index contributed by atoms with van der Waals surface area (Å²) in [6.07, 6.45) is 5.74. The van der Waals surface area contributed by atoms with Gasteiger partial charge >= 0.3 is 0 Å². The molecule has 0 bridgehead atoms.